The quantitative estimate of drug-likeness (QED) is 0.504. The van der Waals surface area contributed by atoms with E-state index in [2.05, 4.69) is 37.7 Å². The highest BCUT2D eigenvalue weighted by molar-refractivity contribution is 6.09. The predicted molar refractivity (Wildman–Crippen MR) is 131 cm³/mol. The van der Waals surface area contributed by atoms with Crippen LogP contribution in [0.15, 0.2) is 85.7 Å². The fraction of sp³-hybridized carbons (Fsp3) is 0.222. The lowest BCUT2D eigenvalue weighted by molar-refractivity contribution is -0.121. The number of benzene rings is 2. The summed E-state index contributed by atoms with van der Waals surface area (Å²) in [5.74, 6) is -0.281. The van der Waals surface area contributed by atoms with Crippen molar-refractivity contribution in [2.75, 3.05) is 17.3 Å². The van der Waals surface area contributed by atoms with Crippen molar-refractivity contribution >= 4 is 23.2 Å². The normalized spacial score (nSPS) is 11.9. The minimum atomic E-state index is -0.977. The van der Waals surface area contributed by atoms with Gasteiger partial charge in [-0.1, -0.05) is 57.7 Å². The first-order valence-electron chi connectivity index (χ1n) is 10.7. The second-order valence-electron chi connectivity index (χ2n) is 8.59. The van der Waals surface area contributed by atoms with Crippen LogP contribution in [0, 0.1) is 0 Å². The number of amides is 2. The minimum Gasteiger partial charge on any atom is -0.495 e. The highest BCUT2D eigenvalue weighted by atomic mass is 16.5. The Morgan fingerprint density at radius 3 is 2.33 bits per heavy atom. The lowest BCUT2D eigenvalue weighted by Crippen LogP contribution is -2.41. The number of pyridine rings is 1. The molecule has 1 atom stereocenters. The summed E-state index contributed by atoms with van der Waals surface area (Å²) in [6, 6.07) is 17.3. The first kappa shape index (κ1) is 23.7. The van der Waals surface area contributed by atoms with Crippen LogP contribution in [-0.4, -0.2) is 23.9 Å². The molecule has 0 bridgehead atoms. The van der Waals surface area contributed by atoms with E-state index in [0.717, 1.165) is 5.56 Å². The van der Waals surface area contributed by atoms with Crippen molar-refractivity contribution in [2.45, 2.75) is 32.2 Å². The van der Waals surface area contributed by atoms with E-state index in [4.69, 9.17) is 4.74 Å². The molecule has 2 aromatic carbocycles. The van der Waals surface area contributed by atoms with Crippen molar-refractivity contribution in [1.29, 1.82) is 0 Å². The largest absolute Gasteiger partial charge is 0.495 e. The van der Waals surface area contributed by atoms with Crippen molar-refractivity contribution in [3.8, 4) is 5.75 Å². The SMILES string of the molecule is C=CC(=O)N(c1ccc(C(C)(C)C)cc1)C(C(=O)Nc1ccccc1OC)c1cccnc1. The topological polar surface area (TPSA) is 71.5 Å². The number of carbonyl (C=O) groups is 2. The Morgan fingerprint density at radius 2 is 1.76 bits per heavy atom. The third-order valence-electron chi connectivity index (χ3n) is 5.30. The van der Waals surface area contributed by atoms with Crippen molar-refractivity contribution in [3.63, 3.8) is 0 Å². The second kappa shape index (κ2) is 10.1. The zero-order valence-corrected chi connectivity index (χ0v) is 19.4. The van der Waals surface area contributed by atoms with Gasteiger partial charge in [-0.05, 0) is 47.4 Å². The Hall–Kier alpha value is -3.93. The van der Waals surface area contributed by atoms with Crippen LogP contribution < -0.4 is 15.0 Å². The van der Waals surface area contributed by atoms with E-state index < -0.39 is 17.9 Å². The molecule has 6 heteroatoms. The third-order valence-corrected chi connectivity index (χ3v) is 5.30. The highest BCUT2D eigenvalue weighted by Gasteiger charge is 2.32. The Labute approximate surface area is 194 Å². The molecule has 33 heavy (non-hydrogen) atoms. The van der Waals surface area contributed by atoms with Gasteiger partial charge in [0.2, 0.25) is 0 Å². The van der Waals surface area contributed by atoms with Crippen LogP contribution in [0.2, 0.25) is 0 Å². The monoisotopic (exact) mass is 443 g/mol. The molecular formula is C27H29N3O3. The number of nitrogens with one attached hydrogen (secondary N) is 1. The summed E-state index contributed by atoms with van der Waals surface area (Å²) in [4.78, 5) is 32.3. The van der Waals surface area contributed by atoms with E-state index in [0.29, 0.717) is 22.7 Å². The molecule has 0 aliphatic rings. The number of anilines is 2. The van der Waals surface area contributed by atoms with Crippen molar-refractivity contribution < 1.29 is 14.3 Å². The van der Waals surface area contributed by atoms with Crippen molar-refractivity contribution in [2.24, 2.45) is 0 Å². The van der Waals surface area contributed by atoms with Gasteiger partial charge in [-0.3, -0.25) is 19.5 Å². The van der Waals surface area contributed by atoms with Crippen LogP contribution in [0.3, 0.4) is 0 Å². The van der Waals surface area contributed by atoms with E-state index in [1.165, 1.54) is 18.1 Å². The van der Waals surface area contributed by atoms with Gasteiger partial charge in [0, 0.05) is 23.6 Å². The Morgan fingerprint density at radius 1 is 1.06 bits per heavy atom. The second-order valence-corrected chi connectivity index (χ2v) is 8.59. The smallest absolute Gasteiger partial charge is 0.252 e. The molecule has 170 valence electrons. The number of hydrogen-bond donors (Lipinski definition) is 1. The minimum absolute atomic E-state index is 0.0458. The van der Waals surface area contributed by atoms with Gasteiger partial charge >= 0.3 is 0 Å². The molecule has 1 heterocycles. The van der Waals surface area contributed by atoms with Crippen LogP contribution in [0.25, 0.3) is 0 Å². The van der Waals surface area contributed by atoms with Crippen LogP contribution >= 0.6 is 0 Å². The zero-order valence-electron chi connectivity index (χ0n) is 19.4. The summed E-state index contributed by atoms with van der Waals surface area (Å²) in [5.41, 5.74) is 2.73. The molecule has 1 aromatic heterocycles. The molecule has 2 amide bonds. The maximum Gasteiger partial charge on any atom is 0.252 e. The number of hydrogen-bond acceptors (Lipinski definition) is 4. The maximum atomic E-state index is 13.6. The maximum absolute atomic E-state index is 13.6. The number of carbonyl (C=O) groups excluding carboxylic acids is 2. The van der Waals surface area contributed by atoms with E-state index in [9.17, 15) is 9.59 Å². The van der Waals surface area contributed by atoms with Crippen molar-refractivity contribution in [3.05, 3.63) is 96.8 Å². The summed E-state index contributed by atoms with van der Waals surface area (Å²) >= 11 is 0. The number of aromatic nitrogens is 1. The van der Waals surface area contributed by atoms with Gasteiger partial charge in [0.05, 0.1) is 12.8 Å². The van der Waals surface area contributed by atoms with Crippen LogP contribution in [-0.2, 0) is 15.0 Å². The summed E-state index contributed by atoms with van der Waals surface area (Å²) < 4.78 is 5.37. The molecule has 0 aliphatic carbocycles. The number of para-hydroxylation sites is 2. The number of rotatable bonds is 7. The van der Waals surface area contributed by atoms with E-state index in [1.807, 2.05) is 30.3 Å². The van der Waals surface area contributed by atoms with Crippen LogP contribution in [0.4, 0.5) is 11.4 Å². The molecule has 0 radical (unpaired) electrons. The highest BCUT2D eigenvalue weighted by Crippen LogP contribution is 2.32. The lowest BCUT2D eigenvalue weighted by Gasteiger charge is -2.31. The summed E-state index contributed by atoms with van der Waals surface area (Å²) in [7, 11) is 1.54. The summed E-state index contributed by atoms with van der Waals surface area (Å²) in [6.07, 6.45) is 4.41. The van der Waals surface area contributed by atoms with Gasteiger partial charge in [-0.2, -0.15) is 0 Å². The molecule has 3 rings (SSSR count). The van der Waals surface area contributed by atoms with Gasteiger partial charge < -0.3 is 10.1 Å². The molecule has 3 aromatic rings. The Balaban J connectivity index is 2.09. The van der Waals surface area contributed by atoms with E-state index >= 15 is 0 Å². The summed E-state index contributed by atoms with van der Waals surface area (Å²) in [6.45, 7) is 10.0. The van der Waals surface area contributed by atoms with E-state index in [-0.39, 0.29) is 5.41 Å². The molecule has 0 aliphatic heterocycles. The first-order chi connectivity index (χ1) is 15.8. The first-order valence-corrected chi connectivity index (χ1v) is 10.7. The molecule has 6 nitrogen and oxygen atoms in total. The molecule has 1 N–H and O–H groups in total. The number of ether oxygens (including phenoxy) is 1. The molecule has 0 spiro atoms. The fourth-order valence-corrected chi connectivity index (χ4v) is 3.53. The van der Waals surface area contributed by atoms with Crippen molar-refractivity contribution in [1.82, 2.24) is 4.98 Å². The third kappa shape index (κ3) is 5.47. The number of nitrogens with zero attached hydrogens (tertiary/aromatic N) is 2. The lowest BCUT2D eigenvalue weighted by atomic mass is 9.87. The predicted octanol–water partition coefficient (Wildman–Crippen LogP) is 5.29. The van der Waals surface area contributed by atoms with Gasteiger partial charge in [0.1, 0.15) is 11.8 Å². The number of methoxy groups -OCH3 is 1. The average Bonchev–Trinajstić information content (AvgIpc) is 2.82. The van der Waals surface area contributed by atoms with Gasteiger partial charge in [-0.25, -0.2) is 0 Å². The molecule has 0 saturated heterocycles. The zero-order chi connectivity index (χ0) is 24.0. The molecule has 0 saturated carbocycles. The van der Waals surface area contributed by atoms with Crippen LogP contribution in [0.5, 0.6) is 5.75 Å². The van der Waals surface area contributed by atoms with Gasteiger partial charge in [-0.15, -0.1) is 0 Å². The summed E-state index contributed by atoms with van der Waals surface area (Å²) in [5, 5.41) is 2.90. The molecule has 1 unspecified atom stereocenters. The van der Waals surface area contributed by atoms with E-state index in [1.54, 1.807) is 42.7 Å². The Bertz CT molecular complexity index is 1120. The molecular weight excluding hydrogens is 414 g/mol. The average molecular weight is 444 g/mol. The Kier molecular flexibility index (Phi) is 7.28. The fourth-order valence-electron chi connectivity index (χ4n) is 3.53. The van der Waals surface area contributed by atoms with Gasteiger partial charge in [0.25, 0.3) is 11.8 Å². The molecule has 0 fully saturated rings. The standard InChI is InChI=1S/C27H29N3O3/c1-6-24(31)30(21-15-13-20(14-16-21)27(2,3)4)25(19-10-9-17-28-18-19)26(32)29-22-11-7-8-12-23(22)33-5/h6-18,25H,1H2,2-5H3,(H,29,32). The van der Waals surface area contributed by atoms with Crippen LogP contribution in [0.1, 0.15) is 37.9 Å². The van der Waals surface area contributed by atoms with Gasteiger partial charge in [0.15, 0.2) is 0 Å².